The molecule has 1 aliphatic rings. The van der Waals surface area contributed by atoms with E-state index in [2.05, 4.69) is 0 Å². The zero-order chi connectivity index (χ0) is 22.4. The Labute approximate surface area is 181 Å². The second kappa shape index (κ2) is 9.81. The topological polar surface area (TPSA) is 65.1 Å². The Hall–Kier alpha value is -3.09. The smallest absolute Gasteiger partial charge is 0.314 e. The van der Waals surface area contributed by atoms with Crippen LogP contribution in [0.2, 0.25) is 0 Å². The third kappa shape index (κ3) is 4.98. The fourth-order valence-corrected chi connectivity index (χ4v) is 4.12. The van der Waals surface area contributed by atoms with Crippen molar-refractivity contribution in [2.45, 2.75) is 26.2 Å². The van der Waals surface area contributed by atoms with Crippen molar-refractivity contribution in [1.29, 1.82) is 0 Å². The Bertz CT molecular complexity index is 930. The predicted octanol–water partition coefficient (Wildman–Crippen LogP) is 3.87. The maximum absolute atomic E-state index is 13.3. The SMILES string of the molecule is CCOC(=O)C1(Cc2ccc(F)cc2)CCCN(C(=O)c2ccc(OC)c(OC)c2)C1. The molecule has 1 unspecified atom stereocenters. The predicted molar refractivity (Wildman–Crippen MR) is 114 cm³/mol. The number of nitrogens with zero attached hydrogens (tertiary/aromatic N) is 1. The first-order valence-corrected chi connectivity index (χ1v) is 10.4. The van der Waals surface area contributed by atoms with E-state index in [1.165, 1.54) is 26.4 Å². The number of carbonyl (C=O) groups excluding carboxylic acids is 2. The van der Waals surface area contributed by atoms with Crippen LogP contribution in [0.4, 0.5) is 4.39 Å². The summed E-state index contributed by atoms with van der Waals surface area (Å²) in [6, 6.07) is 11.1. The number of hydrogen-bond acceptors (Lipinski definition) is 5. The Morgan fingerprint density at radius 3 is 2.42 bits per heavy atom. The van der Waals surface area contributed by atoms with Crippen molar-refractivity contribution in [2.75, 3.05) is 33.9 Å². The number of benzene rings is 2. The van der Waals surface area contributed by atoms with E-state index in [-0.39, 0.29) is 30.8 Å². The minimum Gasteiger partial charge on any atom is -0.493 e. The van der Waals surface area contributed by atoms with Crippen molar-refractivity contribution in [3.63, 3.8) is 0 Å². The van der Waals surface area contributed by atoms with Gasteiger partial charge in [0.05, 0.1) is 26.2 Å². The van der Waals surface area contributed by atoms with Gasteiger partial charge in [-0.3, -0.25) is 9.59 Å². The zero-order valence-corrected chi connectivity index (χ0v) is 18.2. The molecule has 0 N–H and O–H groups in total. The zero-order valence-electron chi connectivity index (χ0n) is 18.2. The lowest BCUT2D eigenvalue weighted by atomic mass is 9.75. The van der Waals surface area contributed by atoms with Crippen molar-refractivity contribution < 1.29 is 28.2 Å². The van der Waals surface area contributed by atoms with Crippen molar-refractivity contribution in [1.82, 2.24) is 4.90 Å². The summed E-state index contributed by atoms with van der Waals surface area (Å²) in [7, 11) is 3.05. The van der Waals surface area contributed by atoms with Crippen LogP contribution >= 0.6 is 0 Å². The molecule has 0 aliphatic carbocycles. The molecular weight excluding hydrogens is 401 g/mol. The maximum atomic E-state index is 13.3. The Kier molecular flexibility index (Phi) is 7.15. The van der Waals surface area contributed by atoms with Crippen LogP contribution in [0.15, 0.2) is 42.5 Å². The van der Waals surface area contributed by atoms with Crippen LogP contribution in [0.3, 0.4) is 0 Å². The van der Waals surface area contributed by atoms with E-state index < -0.39 is 5.41 Å². The lowest BCUT2D eigenvalue weighted by Crippen LogP contribution is -2.51. The van der Waals surface area contributed by atoms with Crippen LogP contribution in [-0.4, -0.2) is 50.7 Å². The summed E-state index contributed by atoms with van der Waals surface area (Å²) in [5, 5.41) is 0. The van der Waals surface area contributed by atoms with Gasteiger partial charge in [0, 0.05) is 18.7 Å². The van der Waals surface area contributed by atoms with Gasteiger partial charge < -0.3 is 19.1 Å². The van der Waals surface area contributed by atoms with Crippen LogP contribution in [0.5, 0.6) is 11.5 Å². The number of methoxy groups -OCH3 is 2. The number of halogens is 1. The highest BCUT2D eigenvalue weighted by atomic mass is 19.1. The summed E-state index contributed by atoms with van der Waals surface area (Å²) in [5.41, 5.74) is 0.409. The van der Waals surface area contributed by atoms with E-state index in [4.69, 9.17) is 14.2 Å². The van der Waals surface area contributed by atoms with Crippen LogP contribution in [-0.2, 0) is 16.0 Å². The molecule has 1 amide bonds. The Balaban J connectivity index is 1.88. The van der Waals surface area contributed by atoms with Gasteiger partial charge in [0.25, 0.3) is 5.91 Å². The van der Waals surface area contributed by atoms with Crippen LogP contribution in [0, 0.1) is 11.2 Å². The molecule has 3 rings (SSSR count). The van der Waals surface area contributed by atoms with Crippen molar-refractivity contribution in [3.8, 4) is 11.5 Å². The molecule has 1 aliphatic heterocycles. The molecular formula is C24H28FNO5. The van der Waals surface area contributed by atoms with Gasteiger partial charge in [-0.05, 0) is 62.1 Å². The quantitative estimate of drug-likeness (QED) is 0.625. The first kappa shape index (κ1) is 22.6. The normalized spacial score (nSPS) is 18.4. The number of esters is 1. The molecule has 166 valence electrons. The highest BCUT2D eigenvalue weighted by Gasteiger charge is 2.45. The molecule has 31 heavy (non-hydrogen) atoms. The number of carbonyl (C=O) groups is 2. The second-order valence-corrected chi connectivity index (χ2v) is 7.70. The summed E-state index contributed by atoms with van der Waals surface area (Å²) in [5.74, 6) is 0.156. The standard InChI is InChI=1S/C24H28FNO5/c1-4-31-23(28)24(15-17-6-9-19(25)10-7-17)12-5-13-26(16-24)22(27)18-8-11-20(29-2)21(14-18)30-3/h6-11,14H,4-5,12-13,15-16H2,1-3H3. The van der Waals surface area contributed by atoms with E-state index in [0.29, 0.717) is 42.9 Å². The fourth-order valence-electron chi connectivity index (χ4n) is 4.12. The molecule has 7 heteroatoms. The maximum Gasteiger partial charge on any atom is 0.314 e. The lowest BCUT2D eigenvalue weighted by molar-refractivity contribution is -0.158. The fraction of sp³-hybridized carbons (Fsp3) is 0.417. The molecule has 1 saturated heterocycles. The van der Waals surface area contributed by atoms with Gasteiger partial charge in [-0.25, -0.2) is 4.39 Å². The molecule has 2 aromatic carbocycles. The van der Waals surface area contributed by atoms with Gasteiger partial charge >= 0.3 is 5.97 Å². The average Bonchev–Trinajstić information content (AvgIpc) is 2.80. The van der Waals surface area contributed by atoms with Gasteiger partial charge in [0.1, 0.15) is 5.82 Å². The minimum absolute atomic E-state index is 0.187. The molecule has 1 heterocycles. The second-order valence-electron chi connectivity index (χ2n) is 7.70. The number of rotatable bonds is 7. The lowest BCUT2D eigenvalue weighted by Gasteiger charge is -2.41. The first-order chi connectivity index (χ1) is 14.9. The molecule has 0 bridgehead atoms. The Morgan fingerprint density at radius 2 is 1.77 bits per heavy atom. The molecule has 0 radical (unpaired) electrons. The summed E-state index contributed by atoms with van der Waals surface area (Å²) < 4.78 is 29.3. The van der Waals surface area contributed by atoms with Crippen molar-refractivity contribution in [2.24, 2.45) is 5.41 Å². The van der Waals surface area contributed by atoms with Crippen molar-refractivity contribution in [3.05, 3.63) is 59.4 Å². The Morgan fingerprint density at radius 1 is 1.06 bits per heavy atom. The van der Waals surface area contributed by atoms with Crippen LogP contribution in [0.25, 0.3) is 0 Å². The van der Waals surface area contributed by atoms with E-state index in [1.807, 2.05) is 0 Å². The van der Waals surface area contributed by atoms with E-state index in [0.717, 1.165) is 5.56 Å². The number of ether oxygens (including phenoxy) is 3. The average molecular weight is 429 g/mol. The third-order valence-corrected chi connectivity index (χ3v) is 5.66. The monoisotopic (exact) mass is 429 g/mol. The van der Waals surface area contributed by atoms with Crippen LogP contribution in [0.1, 0.15) is 35.7 Å². The molecule has 0 spiro atoms. The molecule has 1 fully saturated rings. The van der Waals surface area contributed by atoms with E-state index in [1.54, 1.807) is 42.2 Å². The minimum atomic E-state index is -0.877. The summed E-state index contributed by atoms with van der Waals surface area (Å²) >= 11 is 0. The van der Waals surface area contributed by atoms with E-state index >= 15 is 0 Å². The van der Waals surface area contributed by atoms with E-state index in [9.17, 15) is 14.0 Å². The third-order valence-electron chi connectivity index (χ3n) is 5.66. The van der Waals surface area contributed by atoms with Gasteiger partial charge in [-0.2, -0.15) is 0 Å². The van der Waals surface area contributed by atoms with Gasteiger partial charge in [0.15, 0.2) is 11.5 Å². The summed E-state index contributed by atoms with van der Waals surface area (Å²) in [6.07, 6.45) is 1.64. The number of piperidine rings is 1. The highest BCUT2D eigenvalue weighted by molar-refractivity contribution is 5.95. The van der Waals surface area contributed by atoms with Crippen LogP contribution < -0.4 is 9.47 Å². The number of likely N-dealkylation sites (tertiary alicyclic amines) is 1. The molecule has 1 atom stereocenters. The molecule has 2 aromatic rings. The van der Waals surface area contributed by atoms with Gasteiger partial charge in [-0.15, -0.1) is 0 Å². The van der Waals surface area contributed by atoms with Gasteiger partial charge in [-0.1, -0.05) is 12.1 Å². The molecule has 0 aromatic heterocycles. The first-order valence-electron chi connectivity index (χ1n) is 10.4. The number of amides is 1. The van der Waals surface area contributed by atoms with Gasteiger partial charge in [0.2, 0.25) is 0 Å². The van der Waals surface area contributed by atoms with Crippen molar-refractivity contribution >= 4 is 11.9 Å². The highest BCUT2D eigenvalue weighted by Crippen LogP contribution is 2.36. The summed E-state index contributed by atoms with van der Waals surface area (Å²) in [6.45, 7) is 2.79. The summed E-state index contributed by atoms with van der Waals surface area (Å²) in [4.78, 5) is 28.0. The molecule has 0 saturated carbocycles. The molecule has 6 nitrogen and oxygen atoms in total. The largest absolute Gasteiger partial charge is 0.493 e. The number of hydrogen-bond donors (Lipinski definition) is 0.